The molecule has 2 aromatic heterocycles. The zero-order chi connectivity index (χ0) is 17.8. The number of hydrogen-bond donors (Lipinski definition) is 1. The van der Waals surface area contributed by atoms with Gasteiger partial charge in [-0.1, -0.05) is 0 Å². The van der Waals surface area contributed by atoms with E-state index in [0.717, 1.165) is 16.7 Å². The highest BCUT2D eigenvalue weighted by Gasteiger charge is 2.14. The molecular weight excluding hydrogens is 322 g/mol. The number of esters is 1. The van der Waals surface area contributed by atoms with E-state index < -0.39 is 5.97 Å². The molecule has 7 heteroatoms. The predicted octanol–water partition coefficient (Wildman–Crippen LogP) is 3.18. The van der Waals surface area contributed by atoms with Gasteiger partial charge in [0.15, 0.2) is 0 Å². The van der Waals surface area contributed by atoms with E-state index in [1.54, 1.807) is 12.2 Å². The number of aromatic hydroxyl groups is 1. The van der Waals surface area contributed by atoms with E-state index in [2.05, 4.69) is 15.0 Å². The van der Waals surface area contributed by atoms with Crippen LogP contribution in [0, 0.1) is 13.8 Å². The minimum Gasteiger partial charge on any atom is -0.507 e. The van der Waals surface area contributed by atoms with Crippen LogP contribution in [-0.4, -0.2) is 26.0 Å². The predicted molar refractivity (Wildman–Crippen MR) is 90.0 cm³/mol. The van der Waals surface area contributed by atoms with Gasteiger partial charge in [0.05, 0.1) is 6.20 Å². The summed E-state index contributed by atoms with van der Waals surface area (Å²) in [5, 5.41) is 9.79. The fourth-order valence-electron chi connectivity index (χ4n) is 2.20. The van der Waals surface area contributed by atoms with Crippen LogP contribution in [0.5, 0.6) is 11.6 Å². The van der Waals surface area contributed by atoms with Gasteiger partial charge in [-0.05, 0) is 48.7 Å². The van der Waals surface area contributed by atoms with Gasteiger partial charge in [-0.3, -0.25) is 0 Å². The number of aromatic nitrogens is 3. The highest BCUT2D eigenvalue weighted by atomic mass is 16.6. The topological polar surface area (TPSA) is 98.3 Å². The van der Waals surface area contributed by atoms with E-state index >= 15 is 0 Å². The molecule has 0 radical (unpaired) electrons. The summed E-state index contributed by atoms with van der Waals surface area (Å²) in [4.78, 5) is 23.5. The summed E-state index contributed by atoms with van der Waals surface area (Å²) in [6.07, 6.45) is 7.44. The van der Waals surface area contributed by atoms with E-state index in [1.807, 2.05) is 26.0 Å². The normalized spacial score (nSPS) is 11.0. The van der Waals surface area contributed by atoms with Crippen LogP contribution in [0.1, 0.15) is 33.1 Å². The number of nitrogens with zero attached hydrogens (tertiary/aromatic N) is 3. The first kappa shape index (κ1) is 16.4. The summed E-state index contributed by atoms with van der Waals surface area (Å²) < 4.78 is 10.4. The zero-order valence-corrected chi connectivity index (χ0v) is 13.6. The average molecular weight is 337 g/mol. The highest BCUT2D eigenvalue weighted by Crippen LogP contribution is 2.24. The van der Waals surface area contributed by atoms with Gasteiger partial charge in [-0.2, -0.15) is 0 Å². The summed E-state index contributed by atoms with van der Waals surface area (Å²) in [5.74, 6) is -0.0527. The molecular formula is C18H15N3O4. The lowest BCUT2D eigenvalue weighted by Gasteiger charge is -2.04. The Morgan fingerprint density at radius 2 is 1.96 bits per heavy atom. The first-order valence-electron chi connectivity index (χ1n) is 7.45. The maximum atomic E-state index is 12.0. The van der Waals surface area contributed by atoms with Crippen LogP contribution < -0.4 is 4.74 Å². The van der Waals surface area contributed by atoms with E-state index in [1.165, 1.54) is 24.8 Å². The molecule has 1 N–H and O–H groups in total. The van der Waals surface area contributed by atoms with Crippen molar-refractivity contribution in [3.8, 4) is 11.6 Å². The Kier molecular flexibility index (Phi) is 4.56. The molecule has 0 aliphatic rings. The summed E-state index contributed by atoms with van der Waals surface area (Å²) >= 11 is 0. The molecule has 0 aliphatic carbocycles. The van der Waals surface area contributed by atoms with Crippen LogP contribution >= 0.6 is 0 Å². The smallest absolute Gasteiger partial charge is 0.382 e. The Hall–Kier alpha value is -3.48. The van der Waals surface area contributed by atoms with Crippen molar-refractivity contribution in [1.82, 2.24) is 15.0 Å². The molecule has 0 spiro atoms. The Balaban J connectivity index is 1.72. The van der Waals surface area contributed by atoms with Crippen molar-refractivity contribution in [1.29, 1.82) is 0 Å². The van der Waals surface area contributed by atoms with Crippen molar-refractivity contribution in [3.63, 3.8) is 0 Å². The van der Waals surface area contributed by atoms with Gasteiger partial charge in [0.25, 0.3) is 0 Å². The van der Waals surface area contributed by atoms with Crippen molar-refractivity contribution >= 4 is 18.1 Å². The molecule has 0 saturated carbocycles. The number of phenolic OH excluding ortho intramolecular Hbond substituents is 1. The molecule has 2 heterocycles. The minimum absolute atomic E-state index is 0.0312. The molecule has 7 nitrogen and oxygen atoms in total. The summed E-state index contributed by atoms with van der Waals surface area (Å²) in [7, 11) is 0. The van der Waals surface area contributed by atoms with Crippen LogP contribution in [0.2, 0.25) is 0 Å². The van der Waals surface area contributed by atoms with Crippen LogP contribution in [0.4, 0.5) is 0 Å². The van der Waals surface area contributed by atoms with Crippen molar-refractivity contribution in [2.45, 2.75) is 13.8 Å². The quantitative estimate of drug-likeness (QED) is 0.730. The van der Waals surface area contributed by atoms with Gasteiger partial charge in [-0.15, -0.1) is 0 Å². The Morgan fingerprint density at radius 3 is 2.64 bits per heavy atom. The second-order valence-electron chi connectivity index (χ2n) is 5.34. The summed E-state index contributed by atoms with van der Waals surface area (Å²) in [6, 6.07) is 5.14. The van der Waals surface area contributed by atoms with Crippen LogP contribution in [0.25, 0.3) is 12.2 Å². The number of aryl methyl sites for hydroxylation is 2. The van der Waals surface area contributed by atoms with Crippen LogP contribution in [-0.2, 0) is 0 Å². The van der Waals surface area contributed by atoms with Gasteiger partial charge in [-0.25, -0.2) is 19.7 Å². The number of benzene rings is 1. The molecule has 0 bridgehead atoms. The lowest BCUT2D eigenvalue weighted by molar-refractivity contribution is 0.0693. The molecule has 3 aromatic rings. The molecule has 126 valence electrons. The first-order valence-corrected chi connectivity index (χ1v) is 7.45. The SMILES string of the molecule is Cc1cc(C=Cc2ncc(C(=O)Oc3ccncn3)o2)cc(C)c1O. The number of phenols is 1. The average Bonchev–Trinajstić information content (AvgIpc) is 3.08. The maximum Gasteiger partial charge on any atom is 0.382 e. The fraction of sp³-hybridized carbons (Fsp3) is 0.111. The van der Waals surface area contributed by atoms with Crippen LogP contribution in [0.3, 0.4) is 0 Å². The largest absolute Gasteiger partial charge is 0.507 e. The van der Waals surface area contributed by atoms with E-state index in [9.17, 15) is 9.90 Å². The molecule has 1 aromatic carbocycles. The van der Waals surface area contributed by atoms with Crippen molar-refractivity contribution in [2.75, 3.05) is 0 Å². The van der Waals surface area contributed by atoms with Gasteiger partial charge in [0, 0.05) is 18.3 Å². The second-order valence-corrected chi connectivity index (χ2v) is 5.34. The molecule has 25 heavy (non-hydrogen) atoms. The molecule has 0 atom stereocenters. The van der Waals surface area contributed by atoms with E-state index in [4.69, 9.17) is 9.15 Å². The highest BCUT2D eigenvalue weighted by molar-refractivity contribution is 5.87. The Morgan fingerprint density at radius 1 is 1.20 bits per heavy atom. The molecule has 3 rings (SSSR count). The molecule has 0 fully saturated rings. The first-order chi connectivity index (χ1) is 12.0. The number of carbonyl (C=O) groups is 1. The van der Waals surface area contributed by atoms with E-state index in [-0.39, 0.29) is 23.3 Å². The third-order valence-corrected chi connectivity index (χ3v) is 3.41. The lowest BCUT2D eigenvalue weighted by Crippen LogP contribution is -2.08. The van der Waals surface area contributed by atoms with Gasteiger partial charge >= 0.3 is 5.97 Å². The lowest BCUT2D eigenvalue weighted by atomic mass is 10.1. The third-order valence-electron chi connectivity index (χ3n) is 3.41. The molecule has 0 amide bonds. The number of hydrogen-bond acceptors (Lipinski definition) is 7. The standard InChI is InChI=1S/C18H15N3O4/c1-11-7-13(8-12(2)17(11)22)3-4-15-20-9-14(24-15)18(23)25-16-5-6-19-10-21-16/h3-10,22H,1-2H3. The van der Waals surface area contributed by atoms with Gasteiger partial charge in [0.2, 0.25) is 17.5 Å². The number of rotatable bonds is 4. The Labute approximate surface area is 143 Å². The molecule has 0 saturated heterocycles. The maximum absolute atomic E-state index is 12.0. The Bertz CT molecular complexity index is 909. The molecule has 0 unspecified atom stereocenters. The van der Waals surface area contributed by atoms with Crippen LogP contribution in [0.15, 0.2) is 41.3 Å². The van der Waals surface area contributed by atoms with Crippen molar-refractivity contribution in [2.24, 2.45) is 0 Å². The van der Waals surface area contributed by atoms with Crippen molar-refractivity contribution < 1.29 is 19.1 Å². The number of oxazole rings is 1. The zero-order valence-electron chi connectivity index (χ0n) is 13.6. The summed E-state index contributed by atoms with van der Waals surface area (Å²) in [6.45, 7) is 3.65. The third kappa shape index (κ3) is 3.89. The summed E-state index contributed by atoms with van der Waals surface area (Å²) in [5.41, 5.74) is 2.44. The fourth-order valence-corrected chi connectivity index (χ4v) is 2.20. The second kappa shape index (κ2) is 6.96. The minimum atomic E-state index is -0.692. The van der Waals surface area contributed by atoms with Gasteiger partial charge in [0.1, 0.15) is 12.1 Å². The number of ether oxygens (including phenoxy) is 1. The number of carbonyl (C=O) groups excluding carboxylic acids is 1. The van der Waals surface area contributed by atoms with E-state index in [0.29, 0.717) is 0 Å². The monoisotopic (exact) mass is 337 g/mol. The molecule has 0 aliphatic heterocycles. The van der Waals surface area contributed by atoms with Gasteiger partial charge < -0.3 is 14.3 Å². The van der Waals surface area contributed by atoms with Crippen molar-refractivity contribution in [3.05, 3.63) is 65.3 Å².